The van der Waals surface area contributed by atoms with Crippen molar-refractivity contribution in [3.63, 3.8) is 0 Å². The van der Waals surface area contributed by atoms with Crippen LogP contribution in [0, 0.1) is 13.8 Å². The lowest BCUT2D eigenvalue weighted by Crippen LogP contribution is -2.51. The normalized spacial score (nSPS) is 17.4. The molecule has 0 radical (unpaired) electrons. The van der Waals surface area contributed by atoms with E-state index in [-0.39, 0.29) is 18.5 Å². The summed E-state index contributed by atoms with van der Waals surface area (Å²) in [6.07, 6.45) is 1.58. The monoisotopic (exact) mass is 405 g/mol. The topological polar surface area (TPSA) is 82.9 Å². The summed E-state index contributed by atoms with van der Waals surface area (Å²) >= 11 is 0. The predicted octanol–water partition coefficient (Wildman–Crippen LogP) is 2.08. The third-order valence-corrected chi connectivity index (χ3v) is 7.05. The van der Waals surface area contributed by atoms with Crippen molar-refractivity contribution < 1.29 is 17.6 Å². The van der Waals surface area contributed by atoms with Gasteiger partial charge in [-0.3, -0.25) is 9.69 Å². The number of carbonyl (C=O) groups excluding carboxylic acids is 1. The number of piperazine rings is 1. The van der Waals surface area contributed by atoms with Gasteiger partial charge in [-0.2, -0.15) is 4.31 Å². The summed E-state index contributed by atoms with van der Waals surface area (Å²) in [6, 6.07) is 8.88. The molecule has 0 spiro atoms. The molecule has 1 aliphatic rings. The molecule has 0 bridgehead atoms. The lowest BCUT2D eigenvalue weighted by molar-refractivity contribution is -0.123. The number of rotatable bonds is 6. The smallest absolute Gasteiger partial charge is 0.243 e. The first-order chi connectivity index (χ1) is 13.3. The molecule has 1 atom stereocenters. The molecule has 1 fully saturated rings. The van der Waals surface area contributed by atoms with Crippen LogP contribution in [0.5, 0.6) is 0 Å². The zero-order valence-corrected chi connectivity index (χ0v) is 17.3. The zero-order chi connectivity index (χ0) is 20.3. The Morgan fingerprint density at radius 1 is 1.18 bits per heavy atom. The second-order valence-electron chi connectivity index (χ2n) is 7.25. The highest BCUT2D eigenvalue weighted by atomic mass is 32.2. The molecule has 2 heterocycles. The van der Waals surface area contributed by atoms with E-state index < -0.39 is 10.0 Å². The van der Waals surface area contributed by atoms with Crippen LogP contribution in [-0.2, 0) is 14.8 Å². The van der Waals surface area contributed by atoms with Crippen molar-refractivity contribution >= 4 is 15.9 Å². The van der Waals surface area contributed by atoms with E-state index >= 15 is 0 Å². The van der Waals surface area contributed by atoms with Crippen molar-refractivity contribution in [2.75, 3.05) is 32.7 Å². The highest BCUT2D eigenvalue weighted by molar-refractivity contribution is 7.89. The van der Waals surface area contributed by atoms with Crippen LogP contribution in [0.25, 0.3) is 0 Å². The molecule has 1 aliphatic heterocycles. The molecular weight excluding hydrogens is 378 g/mol. The molecule has 7 nitrogen and oxygen atoms in total. The van der Waals surface area contributed by atoms with Crippen LogP contribution in [0.3, 0.4) is 0 Å². The van der Waals surface area contributed by atoms with Gasteiger partial charge in [-0.15, -0.1) is 0 Å². The molecule has 152 valence electrons. The highest BCUT2D eigenvalue weighted by Crippen LogP contribution is 2.22. The van der Waals surface area contributed by atoms with Crippen molar-refractivity contribution in [1.29, 1.82) is 0 Å². The molecule has 1 aromatic heterocycles. The number of aryl methyl sites for hydroxylation is 2. The number of benzene rings is 1. The number of hydrogen-bond donors (Lipinski definition) is 1. The minimum absolute atomic E-state index is 0.102. The number of amides is 1. The van der Waals surface area contributed by atoms with Gasteiger partial charge in [-0.25, -0.2) is 8.42 Å². The van der Waals surface area contributed by atoms with Gasteiger partial charge in [0.05, 0.1) is 23.7 Å². The number of carbonyl (C=O) groups is 1. The standard InChI is InChI=1S/C20H27N3O4S/c1-15-6-7-16(2)19(13-15)28(25,26)23-10-8-22(9-11-23)14-20(24)21-17(3)18-5-4-12-27-18/h4-7,12-13,17H,8-11,14H2,1-3H3,(H,21,24)/t17-/m0/s1. The number of nitrogens with one attached hydrogen (secondary N) is 1. The number of nitrogens with zero attached hydrogens (tertiary/aromatic N) is 2. The first-order valence-electron chi connectivity index (χ1n) is 9.40. The van der Waals surface area contributed by atoms with Gasteiger partial charge in [0.25, 0.3) is 0 Å². The van der Waals surface area contributed by atoms with E-state index in [4.69, 9.17) is 4.42 Å². The molecule has 1 saturated heterocycles. The van der Waals surface area contributed by atoms with Crippen LogP contribution < -0.4 is 5.32 Å². The molecule has 3 rings (SSSR count). The SMILES string of the molecule is Cc1ccc(C)c(S(=O)(=O)N2CCN(CC(=O)N[C@@H](C)c3ccco3)CC2)c1. The number of furan rings is 1. The molecule has 8 heteroatoms. The zero-order valence-electron chi connectivity index (χ0n) is 16.5. The second kappa shape index (κ2) is 8.46. The van der Waals surface area contributed by atoms with Gasteiger partial charge >= 0.3 is 0 Å². The van der Waals surface area contributed by atoms with Crippen LogP contribution in [0.15, 0.2) is 45.9 Å². The van der Waals surface area contributed by atoms with E-state index in [9.17, 15) is 13.2 Å². The molecule has 1 N–H and O–H groups in total. The average Bonchev–Trinajstić information content (AvgIpc) is 3.19. The third-order valence-electron chi connectivity index (χ3n) is 5.01. The Morgan fingerprint density at radius 3 is 2.54 bits per heavy atom. The van der Waals surface area contributed by atoms with E-state index in [1.165, 1.54) is 4.31 Å². The fourth-order valence-corrected chi connectivity index (χ4v) is 5.08. The lowest BCUT2D eigenvalue weighted by atomic mass is 10.2. The van der Waals surface area contributed by atoms with E-state index in [2.05, 4.69) is 5.32 Å². The average molecular weight is 406 g/mol. The van der Waals surface area contributed by atoms with Gasteiger partial charge in [-0.05, 0) is 50.1 Å². The fraction of sp³-hybridized carbons (Fsp3) is 0.450. The van der Waals surface area contributed by atoms with Gasteiger partial charge < -0.3 is 9.73 Å². The van der Waals surface area contributed by atoms with Crippen molar-refractivity contribution in [2.45, 2.75) is 31.7 Å². The van der Waals surface area contributed by atoms with Gasteiger partial charge in [0.2, 0.25) is 15.9 Å². The lowest BCUT2D eigenvalue weighted by Gasteiger charge is -2.34. The largest absolute Gasteiger partial charge is 0.467 e. The fourth-order valence-electron chi connectivity index (χ4n) is 3.35. The number of sulfonamides is 1. The molecular formula is C20H27N3O4S. The van der Waals surface area contributed by atoms with Crippen LogP contribution in [-0.4, -0.2) is 56.3 Å². The highest BCUT2D eigenvalue weighted by Gasteiger charge is 2.30. The maximum absolute atomic E-state index is 13.0. The maximum atomic E-state index is 13.0. The quantitative estimate of drug-likeness (QED) is 0.796. The summed E-state index contributed by atoms with van der Waals surface area (Å²) in [5, 5.41) is 2.90. The van der Waals surface area contributed by atoms with Gasteiger partial charge in [0, 0.05) is 26.2 Å². The van der Waals surface area contributed by atoms with Crippen molar-refractivity contribution in [2.24, 2.45) is 0 Å². The Balaban J connectivity index is 1.55. The summed E-state index contributed by atoms with van der Waals surface area (Å²) in [7, 11) is -3.52. The Hall–Kier alpha value is -2.16. The van der Waals surface area contributed by atoms with Crippen LogP contribution in [0.1, 0.15) is 29.9 Å². The minimum atomic E-state index is -3.52. The van der Waals surface area contributed by atoms with Crippen molar-refractivity contribution in [3.8, 4) is 0 Å². The molecule has 28 heavy (non-hydrogen) atoms. The van der Waals surface area contributed by atoms with E-state index in [0.29, 0.717) is 36.8 Å². The van der Waals surface area contributed by atoms with E-state index in [0.717, 1.165) is 11.1 Å². The van der Waals surface area contributed by atoms with E-state index in [1.54, 1.807) is 18.4 Å². The molecule has 0 unspecified atom stereocenters. The maximum Gasteiger partial charge on any atom is 0.243 e. The number of hydrogen-bond acceptors (Lipinski definition) is 5. The first kappa shape index (κ1) is 20.6. The molecule has 1 amide bonds. The summed E-state index contributed by atoms with van der Waals surface area (Å²) in [6.45, 7) is 7.59. The Kier molecular flexibility index (Phi) is 6.22. The van der Waals surface area contributed by atoms with Gasteiger partial charge in [0.1, 0.15) is 5.76 Å². The Bertz CT molecular complexity index is 917. The second-order valence-corrected chi connectivity index (χ2v) is 9.16. The molecule has 0 saturated carbocycles. The van der Waals surface area contributed by atoms with Crippen LogP contribution in [0.2, 0.25) is 0 Å². The predicted molar refractivity (Wildman–Crippen MR) is 106 cm³/mol. The van der Waals surface area contributed by atoms with Gasteiger partial charge in [-0.1, -0.05) is 12.1 Å². The Labute approximate surface area is 166 Å². The van der Waals surface area contributed by atoms with Crippen molar-refractivity contribution in [1.82, 2.24) is 14.5 Å². The van der Waals surface area contributed by atoms with E-state index in [1.807, 2.05) is 43.9 Å². The summed E-state index contributed by atoms with van der Waals surface area (Å²) in [5.74, 6) is 0.604. The van der Waals surface area contributed by atoms with Gasteiger partial charge in [0.15, 0.2) is 0 Å². The van der Waals surface area contributed by atoms with Crippen LogP contribution >= 0.6 is 0 Å². The summed E-state index contributed by atoms with van der Waals surface area (Å²) < 4.78 is 32.8. The summed E-state index contributed by atoms with van der Waals surface area (Å²) in [4.78, 5) is 14.6. The first-order valence-corrected chi connectivity index (χ1v) is 10.8. The minimum Gasteiger partial charge on any atom is -0.467 e. The molecule has 1 aromatic carbocycles. The molecule has 2 aromatic rings. The molecule has 0 aliphatic carbocycles. The summed E-state index contributed by atoms with van der Waals surface area (Å²) in [5.41, 5.74) is 1.67. The third kappa shape index (κ3) is 4.63. The Morgan fingerprint density at radius 2 is 1.89 bits per heavy atom. The van der Waals surface area contributed by atoms with Crippen LogP contribution in [0.4, 0.5) is 0 Å². The van der Waals surface area contributed by atoms with Crippen molar-refractivity contribution in [3.05, 3.63) is 53.5 Å².